The number of carbonyl (C=O) groups excluding carboxylic acids is 1. The molecule has 0 spiro atoms. The Hall–Kier alpha value is -0.710. The van der Waals surface area contributed by atoms with E-state index in [4.69, 9.17) is 0 Å². The molecule has 1 saturated heterocycles. The van der Waals surface area contributed by atoms with Gasteiger partial charge < -0.3 is 5.32 Å². The maximum Gasteiger partial charge on any atom is 0.147 e. The number of ketones is 1. The lowest BCUT2D eigenvalue weighted by Gasteiger charge is -2.18. The van der Waals surface area contributed by atoms with Crippen LogP contribution in [0.5, 0.6) is 0 Å². The third-order valence-electron chi connectivity index (χ3n) is 3.11. The van der Waals surface area contributed by atoms with Crippen LogP contribution in [0.3, 0.4) is 0 Å². The Morgan fingerprint density at radius 1 is 1.41 bits per heavy atom. The molecule has 1 aliphatic heterocycles. The lowest BCUT2D eigenvalue weighted by atomic mass is 10.1. The average Bonchev–Trinajstić information content (AvgIpc) is 2.72. The zero-order chi connectivity index (χ0) is 11.9. The number of hydrogen-bond donors (Lipinski definition) is 1. The quantitative estimate of drug-likeness (QED) is 0.863. The van der Waals surface area contributed by atoms with Crippen molar-refractivity contribution in [2.24, 2.45) is 0 Å². The summed E-state index contributed by atoms with van der Waals surface area (Å²) in [7, 11) is 0. The van der Waals surface area contributed by atoms with E-state index in [9.17, 15) is 4.79 Å². The van der Waals surface area contributed by atoms with E-state index in [1.165, 1.54) is 5.56 Å². The molecule has 0 amide bonds. The lowest BCUT2D eigenvalue weighted by molar-refractivity contribution is -0.120. The van der Waals surface area contributed by atoms with Gasteiger partial charge in [0.1, 0.15) is 5.78 Å². The van der Waals surface area contributed by atoms with Crippen LogP contribution >= 0.6 is 11.3 Å². The summed E-state index contributed by atoms with van der Waals surface area (Å²) < 4.78 is 0. The van der Waals surface area contributed by atoms with Crippen molar-refractivity contribution in [3.63, 3.8) is 0 Å². The molecule has 94 valence electrons. The molecule has 1 N–H and O–H groups in total. The number of carbonyl (C=O) groups is 1. The van der Waals surface area contributed by atoms with E-state index in [1.54, 1.807) is 11.3 Å². The van der Waals surface area contributed by atoms with E-state index in [0.29, 0.717) is 18.7 Å². The van der Waals surface area contributed by atoms with Crippen LogP contribution < -0.4 is 5.32 Å². The van der Waals surface area contributed by atoms with Gasteiger partial charge in [0, 0.05) is 19.5 Å². The largest absolute Gasteiger partial charge is 0.315 e. The van der Waals surface area contributed by atoms with Gasteiger partial charge in [-0.2, -0.15) is 11.3 Å². The molecule has 0 unspecified atom stereocenters. The van der Waals surface area contributed by atoms with E-state index in [0.717, 1.165) is 39.0 Å². The van der Waals surface area contributed by atoms with Crippen molar-refractivity contribution in [3.8, 4) is 0 Å². The first-order valence-corrected chi connectivity index (χ1v) is 7.25. The molecule has 0 bridgehead atoms. The highest BCUT2D eigenvalue weighted by molar-refractivity contribution is 7.07. The zero-order valence-electron chi connectivity index (χ0n) is 10.2. The van der Waals surface area contributed by atoms with E-state index in [1.807, 2.05) is 0 Å². The summed E-state index contributed by atoms with van der Waals surface area (Å²) in [5.74, 6) is 0.373. The third kappa shape index (κ3) is 4.58. The van der Waals surface area contributed by atoms with E-state index < -0.39 is 0 Å². The summed E-state index contributed by atoms with van der Waals surface area (Å²) in [6, 6.07) is 2.10. The smallest absolute Gasteiger partial charge is 0.147 e. The first-order chi connectivity index (χ1) is 8.34. The van der Waals surface area contributed by atoms with E-state index >= 15 is 0 Å². The molecule has 0 aliphatic carbocycles. The fourth-order valence-corrected chi connectivity index (χ4v) is 2.81. The van der Waals surface area contributed by atoms with Gasteiger partial charge in [0.2, 0.25) is 0 Å². The second kappa shape index (κ2) is 6.89. The number of nitrogens with one attached hydrogen (secondary N) is 1. The second-order valence-electron chi connectivity index (χ2n) is 4.55. The van der Waals surface area contributed by atoms with Gasteiger partial charge in [-0.05, 0) is 48.3 Å². The molecule has 2 rings (SSSR count). The molecular formula is C13H20N2OS. The topological polar surface area (TPSA) is 32.3 Å². The summed E-state index contributed by atoms with van der Waals surface area (Å²) in [6.45, 7) is 4.78. The number of nitrogens with zero attached hydrogens (tertiary/aromatic N) is 1. The standard InChI is InChI=1S/C13H20N2OS/c16-13(3-2-12-4-9-17-11-12)10-15-7-1-5-14-6-8-15/h4,9,11,14H,1-3,5-8,10H2. The first-order valence-electron chi connectivity index (χ1n) is 6.30. The van der Waals surface area contributed by atoms with Crippen molar-refractivity contribution in [1.82, 2.24) is 10.2 Å². The van der Waals surface area contributed by atoms with Crippen molar-refractivity contribution < 1.29 is 4.79 Å². The summed E-state index contributed by atoms with van der Waals surface area (Å²) in [6.07, 6.45) is 2.73. The van der Waals surface area contributed by atoms with Gasteiger partial charge in [0.25, 0.3) is 0 Å². The number of Topliss-reactive ketones (excluding diaryl/α,β-unsaturated/α-hetero) is 1. The van der Waals surface area contributed by atoms with Gasteiger partial charge >= 0.3 is 0 Å². The predicted molar refractivity (Wildman–Crippen MR) is 71.6 cm³/mol. The minimum Gasteiger partial charge on any atom is -0.315 e. The number of aryl methyl sites for hydroxylation is 1. The van der Waals surface area contributed by atoms with Crippen LogP contribution in [0.4, 0.5) is 0 Å². The summed E-state index contributed by atoms with van der Waals surface area (Å²) in [5, 5.41) is 7.55. The predicted octanol–water partition coefficient (Wildman–Crippen LogP) is 1.55. The number of thiophene rings is 1. The Morgan fingerprint density at radius 3 is 3.18 bits per heavy atom. The molecule has 1 aromatic heterocycles. The minimum absolute atomic E-state index is 0.373. The van der Waals surface area contributed by atoms with Crippen LogP contribution in [0.2, 0.25) is 0 Å². The van der Waals surface area contributed by atoms with Crippen molar-refractivity contribution in [2.75, 3.05) is 32.7 Å². The molecule has 4 heteroatoms. The monoisotopic (exact) mass is 252 g/mol. The van der Waals surface area contributed by atoms with Gasteiger partial charge in [-0.15, -0.1) is 0 Å². The fraction of sp³-hybridized carbons (Fsp3) is 0.615. The van der Waals surface area contributed by atoms with Crippen LogP contribution in [0.1, 0.15) is 18.4 Å². The van der Waals surface area contributed by atoms with Gasteiger partial charge in [-0.25, -0.2) is 0 Å². The molecule has 2 heterocycles. The SMILES string of the molecule is O=C(CCc1ccsc1)CN1CCCNCC1. The molecular weight excluding hydrogens is 232 g/mol. The molecule has 0 aromatic carbocycles. The maximum atomic E-state index is 11.9. The van der Waals surface area contributed by atoms with Crippen molar-refractivity contribution in [1.29, 1.82) is 0 Å². The van der Waals surface area contributed by atoms with Crippen LogP contribution in [-0.4, -0.2) is 43.4 Å². The molecule has 1 fully saturated rings. The molecule has 0 atom stereocenters. The summed E-state index contributed by atoms with van der Waals surface area (Å²) >= 11 is 1.70. The van der Waals surface area contributed by atoms with Crippen LogP contribution in [0, 0.1) is 0 Å². The zero-order valence-corrected chi connectivity index (χ0v) is 11.0. The average molecular weight is 252 g/mol. The van der Waals surface area contributed by atoms with Crippen LogP contribution in [0.15, 0.2) is 16.8 Å². The summed E-state index contributed by atoms with van der Waals surface area (Å²) in [5.41, 5.74) is 1.29. The van der Waals surface area contributed by atoms with Gasteiger partial charge in [-0.1, -0.05) is 0 Å². The molecule has 0 radical (unpaired) electrons. The van der Waals surface area contributed by atoms with Gasteiger partial charge in [-0.3, -0.25) is 9.69 Å². The van der Waals surface area contributed by atoms with Crippen molar-refractivity contribution in [3.05, 3.63) is 22.4 Å². The fourth-order valence-electron chi connectivity index (χ4n) is 2.11. The summed E-state index contributed by atoms with van der Waals surface area (Å²) in [4.78, 5) is 14.1. The highest BCUT2D eigenvalue weighted by Gasteiger charge is 2.12. The van der Waals surface area contributed by atoms with Gasteiger partial charge in [0.05, 0.1) is 6.54 Å². The van der Waals surface area contributed by atoms with Crippen LogP contribution in [-0.2, 0) is 11.2 Å². The molecule has 1 aliphatic rings. The number of hydrogen-bond acceptors (Lipinski definition) is 4. The van der Waals surface area contributed by atoms with Crippen LogP contribution in [0.25, 0.3) is 0 Å². The lowest BCUT2D eigenvalue weighted by Crippen LogP contribution is -2.33. The highest BCUT2D eigenvalue weighted by atomic mass is 32.1. The van der Waals surface area contributed by atoms with E-state index in [2.05, 4.69) is 27.0 Å². The Kier molecular flexibility index (Phi) is 5.16. The molecule has 1 aromatic rings. The molecule has 0 saturated carbocycles. The second-order valence-corrected chi connectivity index (χ2v) is 5.33. The molecule has 17 heavy (non-hydrogen) atoms. The minimum atomic E-state index is 0.373. The Bertz CT molecular complexity index is 329. The highest BCUT2D eigenvalue weighted by Crippen LogP contribution is 2.09. The van der Waals surface area contributed by atoms with Crippen molar-refractivity contribution in [2.45, 2.75) is 19.3 Å². The normalized spacial score (nSPS) is 17.9. The number of rotatable bonds is 5. The Balaban J connectivity index is 1.69. The Morgan fingerprint density at radius 2 is 2.35 bits per heavy atom. The maximum absolute atomic E-state index is 11.9. The van der Waals surface area contributed by atoms with Crippen molar-refractivity contribution >= 4 is 17.1 Å². The Labute approximate surface area is 107 Å². The molecule has 3 nitrogen and oxygen atoms in total. The third-order valence-corrected chi connectivity index (χ3v) is 3.84. The van der Waals surface area contributed by atoms with Gasteiger partial charge in [0.15, 0.2) is 0 Å². The van der Waals surface area contributed by atoms with E-state index in [-0.39, 0.29) is 0 Å². The first kappa shape index (κ1) is 12.7.